The number of rotatable bonds is 8. The van der Waals surface area contributed by atoms with Crippen molar-refractivity contribution in [2.75, 3.05) is 32.1 Å². The highest BCUT2D eigenvalue weighted by molar-refractivity contribution is 7.99. The third-order valence-corrected chi connectivity index (χ3v) is 6.50. The maximum Gasteiger partial charge on any atom is 0.234 e. The first-order valence-corrected chi connectivity index (χ1v) is 12.0. The lowest BCUT2D eigenvalue weighted by molar-refractivity contribution is -0.153. The van der Waals surface area contributed by atoms with Gasteiger partial charge in [-0.1, -0.05) is 36.1 Å². The van der Waals surface area contributed by atoms with Crippen molar-refractivity contribution in [1.29, 1.82) is 0 Å². The number of carbonyl (C=O) groups is 1. The number of carbonyl (C=O) groups excluding carboxylic acids is 1. The highest BCUT2D eigenvalue weighted by Crippen LogP contribution is 2.19. The lowest BCUT2D eigenvalue weighted by atomic mass is 10.1. The third kappa shape index (κ3) is 6.12. The number of morpholine rings is 1. The van der Waals surface area contributed by atoms with Gasteiger partial charge in [-0.2, -0.15) is 0 Å². The predicted molar refractivity (Wildman–Crippen MR) is 128 cm³/mol. The van der Waals surface area contributed by atoms with Crippen molar-refractivity contribution < 1.29 is 14.7 Å². The second-order valence-electron chi connectivity index (χ2n) is 7.71. The van der Waals surface area contributed by atoms with Crippen LogP contribution in [0.15, 0.2) is 42.5 Å². The second kappa shape index (κ2) is 11.3. The van der Waals surface area contributed by atoms with Crippen molar-refractivity contribution >= 4 is 29.2 Å². The van der Waals surface area contributed by atoms with Gasteiger partial charge in [0.1, 0.15) is 10.9 Å². The normalized spacial score (nSPS) is 15.1. The number of fused-ring (bicyclic) bond motifs is 1. The number of amides is 1. The number of aromatic nitrogens is 3. The maximum atomic E-state index is 11.0. The van der Waals surface area contributed by atoms with Gasteiger partial charge in [0.25, 0.3) is 0 Å². The molecule has 4 rings (SSSR count). The summed E-state index contributed by atoms with van der Waals surface area (Å²) in [7, 11) is 0. The molecule has 1 aliphatic heterocycles. The summed E-state index contributed by atoms with van der Waals surface area (Å²) in [5.74, 6) is 7.17. The fourth-order valence-corrected chi connectivity index (χ4v) is 4.49. The molecule has 1 N–H and O–H groups in total. The van der Waals surface area contributed by atoms with Gasteiger partial charge in [-0.25, -0.2) is 9.75 Å². The minimum atomic E-state index is -0.428. The van der Waals surface area contributed by atoms with Crippen LogP contribution in [0.4, 0.5) is 0 Å². The molecule has 172 valence electrons. The van der Waals surface area contributed by atoms with E-state index in [4.69, 9.17) is 4.74 Å². The summed E-state index contributed by atoms with van der Waals surface area (Å²) in [6, 6.07) is 14.1. The van der Waals surface area contributed by atoms with Crippen molar-refractivity contribution in [3.8, 4) is 11.8 Å². The molecule has 1 saturated heterocycles. The zero-order valence-electron chi connectivity index (χ0n) is 18.6. The Morgan fingerprint density at radius 2 is 1.91 bits per heavy atom. The molecular formula is C24H27N5O3S. The zero-order chi connectivity index (χ0) is 23.0. The Labute approximate surface area is 197 Å². The summed E-state index contributed by atoms with van der Waals surface area (Å²) in [6.45, 7) is 6.80. The highest BCUT2D eigenvalue weighted by atomic mass is 32.2. The molecule has 1 aromatic heterocycles. The summed E-state index contributed by atoms with van der Waals surface area (Å²) in [5, 5.41) is 18.5. The molecule has 0 radical (unpaired) electrons. The first kappa shape index (κ1) is 23.3. The van der Waals surface area contributed by atoms with Crippen LogP contribution in [0.1, 0.15) is 23.6 Å². The Bertz CT molecular complexity index is 1130. The molecule has 33 heavy (non-hydrogen) atoms. The highest BCUT2D eigenvalue weighted by Gasteiger charge is 2.18. The molecule has 3 aromatic rings. The van der Waals surface area contributed by atoms with E-state index in [0.29, 0.717) is 18.0 Å². The van der Waals surface area contributed by atoms with Gasteiger partial charge in [0.05, 0.1) is 25.3 Å². The predicted octanol–water partition coefficient (Wildman–Crippen LogP) is 2.59. The van der Waals surface area contributed by atoms with Crippen LogP contribution in [0, 0.1) is 11.8 Å². The Morgan fingerprint density at radius 3 is 2.64 bits per heavy atom. The van der Waals surface area contributed by atoms with Crippen LogP contribution >= 0.6 is 11.8 Å². The lowest BCUT2D eigenvalue weighted by Gasteiger charge is -2.26. The Morgan fingerprint density at radius 1 is 1.18 bits per heavy atom. The van der Waals surface area contributed by atoms with Crippen molar-refractivity contribution in [3.05, 3.63) is 59.2 Å². The zero-order valence-corrected chi connectivity index (χ0v) is 19.4. The molecule has 1 unspecified atom stereocenters. The molecule has 2 heterocycles. The average molecular weight is 466 g/mol. The summed E-state index contributed by atoms with van der Waals surface area (Å²) in [4.78, 5) is 13.3. The Kier molecular flexibility index (Phi) is 7.96. The number of thioether (sulfide) groups is 1. The minimum absolute atomic E-state index is 0.339. The SMILES string of the molecule is CCSC(Cn1nnc2cc(C#Cc3ccc(CN4CCOCC4)cc3)ccc21)N(O)C=O. The van der Waals surface area contributed by atoms with E-state index in [1.165, 1.54) is 17.3 Å². The summed E-state index contributed by atoms with van der Waals surface area (Å²) in [6.07, 6.45) is 0.412. The molecule has 0 bridgehead atoms. The lowest BCUT2D eigenvalue weighted by Crippen LogP contribution is -2.35. The molecule has 0 saturated carbocycles. The number of nitrogens with zero attached hydrogens (tertiary/aromatic N) is 5. The number of ether oxygens (including phenoxy) is 1. The summed E-state index contributed by atoms with van der Waals surface area (Å²) in [5.41, 5.74) is 4.63. The van der Waals surface area contributed by atoms with E-state index in [1.807, 2.05) is 25.1 Å². The van der Waals surface area contributed by atoms with Crippen LogP contribution in [-0.2, 0) is 22.6 Å². The van der Waals surface area contributed by atoms with Crippen LogP contribution in [0.2, 0.25) is 0 Å². The third-order valence-electron chi connectivity index (χ3n) is 5.42. The van der Waals surface area contributed by atoms with Crippen LogP contribution < -0.4 is 0 Å². The monoisotopic (exact) mass is 465 g/mol. The Balaban J connectivity index is 1.43. The fourth-order valence-electron chi connectivity index (χ4n) is 3.66. The number of hydroxylamine groups is 2. The van der Waals surface area contributed by atoms with Crippen LogP contribution in [0.5, 0.6) is 0 Å². The van der Waals surface area contributed by atoms with Crippen LogP contribution in [0.25, 0.3) is 11.0 Å². The van der Waals surface area contributed by atoms with Gasteiger partial charge in [-0.05, 0) is 41.6 Å². The molecule has 1 aliphatic rings. The van der Waals surface area contributed by atoms with Crippen molar-refractivity contribution in [1.82, 2.24) is 25.0 Å². The van der Waals surface area contributed by atoms with Crippen molar-refractivity contribution in [2.24, 2.45) is 0 Å². The van der Waals surface area contributed by atoms with Crippen LogP contribution in [-0.4, -0.2) is 74.0 Å². The van der Waals surface area contributed by atoms with Gasteiger partial charge in [0.2, 0.25) is 6.41 Å². The molecule has 1 atom stereocenters. The minimum Gasteiger partial charge on any atom is -0.379 e. The first-order valence-electron chi connectivity index (χ1n) is 10.9. The topological polar surface area (TPSA) is 83.7 Å². The van der Waals surface area contributed by atoms with E-state index in [-0.39, 0.29) is 0 Å². The van der Waals surface area contributed by atoms with Crippen molar-refractivity contribution in [3.63, 3.8) is 0 Å². The van der Waals surface area contributed by atoms with Gasteiger partial charge in [0.15, 0.2) is 0 Å². The molecule has 0 spiro atoms. The van der Waals surface area contributed by atoms with E-state index in [2.05, 4.69) is 51.3 Å². The van der Waals surface area contributed by atoms with Crippen molar-refractivity contribution in [2.45, 2.75) is 25.4 Å². The second-order valence-corrected chi connectivity index (χ2v) is 9.16. The molecule has 0 aliphatic carbocycles. The van der Waals surface area contributed by atoms with Gasteiger partial charge in [-0.15, -0.1) is 16.9 Å². The Hall–Kier alpha value is -2.90. The molecular weight excluding hydrogens is 438 g/mol. The maximum absolute atomic E-state index is 11.0. The largest absolute Gasteiger partial charge is 0.379 e. The van der Waals surface area contributed by atoms with E-state index in [0.717, 1.165) is 60.8 Å². The molecule has 9 heteroatoms. The van der Waals surface area contributed by atoms with E-state index >= 15 is 0 Å². The van der Waals surface area contributed by atoms with Gasteiger partial charge < -0.3 is 4.74 Å². The summed E-state index contributed by atoms with van der Waals surface area (Å²) < 4.78 is 7.10. The standard InChI is InChI=1S/C24H27N5O3S/c1-2-33-24(29(31)18-30)17-28-23-10-9-20(15-22(23)25-26-28)6-3-19-4-7-21(8-5-19)16-27-11-13-32-14-12-27/h4-5,7-10,15,18,24,31H,2,11-14,16-17H2,1H3. The van der Waals surface area contributed by atoms with Gasteiger partial charge >= 0.3 is 0 Å². The quantitative estimate of drug-likeness (QED) is 0.180. The van der Waals surface area contributed by atoms with Gasteiger partial charge in [-0.3, -0.25) is 14.9 Å². The van der Waals surface area contributed by atoms with E-state index < -0.39 is 5.37 Å². The fraction of sp³-hybridized carbons (Fsp3) is 0.375. The molecule has 8 nitrogen and oxygen atoms in total. The molecule has 1 amide bonds. The first-order chi connectivity index (χ1) is 16.2. The van der Waals surface area contributed by atoms with Gasteiger partial charge in [0, 0.05) is 30.8 Å². The average Bonchev–Trinajstić information content (AvgIpc) is 3.25. The smallest absolute Gasteiger partial charge is 0.234 e. The number of hydrogen-bond donors (Lipinski definition) is 1. The number of benzene rings is 2. The van der Waals surface area contributed by atoms with E-state index in [1.54, 1.807) is 4.68 Å². The summed E-state index contributed by atoms with van der Waals surface area (Å²) >= 11 is 1.46. The van der Waals surface area contributed by atoms with Crippen LogP contribution in [0.3, 0.4) is 0 Å². The van der Waals surface area contributed by atoms with E-state index in [9.17, 15) is 10.0 Å². The molecule has 1 fully saturated rings. The molecule has 2 aromatic carbocycles. The number of hydrogen-bond acceptors (Lipinski definition) is 7.